The summed E-state index contributed by atoms with van der Waals surface area (Å²) in [7, 11) is 0. The van der Waals surface area contributed by atoms with Gasteiger partial charge in [0, 0.05) is 14.6 Å². The van der Waals surface area contributed by atoms with E-state index in [1.54, 1.807) is 0 Å². The normalized spacial score (nSPS) is 11.2. The van der Waals surface area contributed by atoms with Crippen molar-refractivity contribution in [1.29, 1.82) is 0 Å². The van der Waals surface area contributed by atoms with Gasteiger partial charge in [0.2, 0.25) is 11.0 Å². The summed E-state index contributed by atoms with van der Waals surface area (Å²) in [6, 6.07) is 13.5. The summed E-state index contributed by atoms with van der Waals surface area (Å²) in [5, 5.41) is 22.2. The Morgan fingerprint density at radius 1 is 1.22 bits per heavy atom. The number of fused-ring (bicyclic) bond motifs is 1. The van der Waals surface area contributed by atoms with Crippen LogP contribution in [0.3, 0.4) is 0 Å². The molecule has 1 heterocycles. The smallest absolute Gasteiger partial charge is 0.218 e. The largest absolute Gasteiger partial charge is 0.493 e. The van der Waals surface area contributed by atoms with E-state index in [1.165, 1.54) is 0 Å². The fourth-order valence-corrected chi connectivity index (χ4v) is 2.99. The van der Waals surface area contributed by atoms with Gasteiger partial charge in [-0.2, -0.15) is 0 Å². The second-order valence-corrected chi connectivity index (χ2v) is 6.48. The van der Waals surface area contributed by atoms with E-state index in [0.717, 1.165) is 25.7 Å². The number of H-pyrrole nitrogens is 1. The van der Waals surface area contributed by atoms with Gasteiger partial charge in [-0.25, -0.2) is 0 Å². The molecule has 0 fully saturated rings. The first-order valence-corrected chi connectivity index (χ1v) is 8.32. The molecule has 1 aromatic heterocycles. The van der Waals surface area contributed by atoms with E-state index in [1.807, 2.05) is 49.4 Å². The number of hydrogen-bond donors (Lipinski definition) is 3. The van der Waals surface area contributed by atoms with E-state index >= 15 is 0 Å². The number of nitrogens with one attached hydrogen (secondary N) is 2. The summed E-state index contributed by atoms with van der Waals surface area (Å²) in [4.78, 5) is 2.91. The van der Waals surface area contributed by atoms with E-state index in [2.05, 4.69) is 43.1 Å². The van der Waals surface area contributed by atoms with Crippen LogP contribution in [-0.2, 0) is 0 Å². The maximum absolute atomic E-state index is 10.0. The van der Waals surface area contributed by atoms with E-state index in [-0.39, 0.29) is 11.0 Å². The zero-order valence-electron chi connectivity index (χ0n) is 12.2. The lowest BCUT2D eigenvalue weighted by atomic mass is 10.2. The summed E-state index contributed by atoms with van der Waals surface area (Å²) >= 11 is 7.39. The number of aromatic amines is 1. The summed E-state index contributed by atoms with van der Waals surface area (Å²) in [5.74, 6) is -0.0217. The lowest BCUT2D eigenvalue weighted by Gasteiger charge is -2.05. The Balaban J connectivity index is 1.86. The van der Waals surface area contributed by atoms with Crippen molar-refractivity contribution in [2.45, 2.75) is 6.92 Å². The molecule has 2 aromatic carbocycles. The van der Waals surface area contributed by atoms with Crippen LogP contribution in [0.2, 0.25) is 0 Å². The highest BCUT2D eigenvalue weighted by atomic mass is 127. The molecule has 7 heteroatoms. The third kappa shape index (κ3) is 3.35. The highest BCUT2D eigenvalue weighted by Gasteiger charge is 2.12. The zero-order valence-corrected chi connectivity index (χ0v) is 15.1. The molecule has 0 atom stereocenters. The van der Waals surface area contributed by atoms with Gasteiger partial charge in [0.05, 0.1) is 5.52 Å². The van der Waals surface area contributed by atoms with Crippen molar-refractivity contribution in [1.82, 2.24) is 4.98 Å². The summed E-state index contributed by atoms with van der Waals surface area (Å²) in [5.41, 5.74) is 3.16. The van der Waals surface area contributed by atoms with Crippen molar-refractivity contribution in [3.05, 3.63) is 51.6 Å². The maximum atomic E-state index is 10.0. The molecule has 0 saturated carbocycles. The van der Waals surface area contributed by atoms with Gasteiger partial charge in [0.25, 0.3) is 0 Å². The molecule has 0 unspecified atom stereocenters. The first kappa shape index (κ1) is 15.9. The fraction of sp³-hybridized carbons (Fsp3) is 0.0625. The van der Waals surface area contributed by atoms with E-state index < -0.39 is 0 Å². The second kappa shape index (κ2) is 6.63. The lowest BCUT2D eigenvalue weighted by molar-refractivity contribution is 0.459. The molecule has 0 aliphatic rings. The topological polar surface area (TPSA) is 72.8 Å². The Hall–Kier alpha value is -2.00. The molecule has 3 aromatic rings. The van der Waals surface area contributed by atoms with Crippen molar-refractivity contribution in [2.75, 3.05) is 5.32 Å². The molecule has 23 heavy (non-hydrogen) atoms. The Kier molecular flexibility index (Phi) is 4.58. The van der Waals surface area contributed by atoms with Crippen LogP contribution in [0.5, 0.6) is 5.88 Å². The van der Waals surface area contributed by atoms with Gasteiger partial charge in [-0.3, -0.25) is 0 Å². The number of para-hydroxylation sites is 2. The van der Waals surface area contributed by atoms with Crippen molar-refractivity contribution < 1.29 is 5.11 Å². The predicted octanol–water partition coefficient (Wildman–Crippen LogP) is 5.27. The van der Waals surface area contributed by atoms with Gasteiger partial charge in [0.15, 0.2) is 5.69 Å². The van der Waals surface area contributed by atoms with Gasteiger partial charge >= 0.3 is 0 Å². The molecular formula is C16H13IN4OS. The number of azo groups is 1. The molecule has 0 aliphatic heterocycles. The minimum Gasteiger partial charge on any atom is -0.493 e. The molecule has 0 aliphatic carbocycles. The van der Waals surface area contributed by atoms with Crippen molar-refractivity contribution in [3.63, 3.8) is 0 Å². The van der Waals surface area contributed by atoms with Crippen LogP contribution in [0.25, 0.3) is 10.9 Å². The summed E-state index contributed by atoms with van der Waals surface area (Å²) in [6.45, 7) is 1.98. The number of rotatable bonds is 2. The number of benzene rings is 2. The first-order valence-electron chi connectivity index (χ1n) is 6.84. The number of halogens is 1. The van der Waals surface area contributed by atoms with Crippen LogP contribution in [0.1, 0.15) is 5.56 Å². The molecular weight excluding hydrogens is 423 g/mol. The minimum absolute atomic E-state index is 0.0217. The minimum atomic E-state index is -0.0217. The second-order valence-electron chi connectivity index (χ2n) is 4.93. The quantitative estimate of drug-likeness (QED) is 0.291. The van der Waals surface area contributed by atoms with Crippen molar-refractivity contribution >= 4 is 62.2 Å². The number of nitrogens with zero attached hydrogens (tertiary/aromatic N) is 2. The molecule has 116 valence electrons. The Morgan fingerprint density at radius 2 is 2.00 bits per heavy atom. The number of anilines is 1. The third-order valence-electron chi connectivity index (χ3n) is 3.36. The third-order valence-corrected chi connectivity index (χ3v) is 4.45. The van der Waals surface area contributed by atoms with Crippen LogP contribution >= 0.6 is 34.8 Å². The maximum Gasteiger partial charge on any atom is 0.218 e. The molecule has 0 radical (unpaired) electrons. The van der Waals surface area contributed by atoms with Gasteiger partial charge in [0.1, 0.15) is 0 Å². The SMILES string of the molecule is Cc1ccccc1NC(=S)N=Nc1c(O)[nH]c2c(I)cccc12. The molecule has 3 N–H and O–H groups in total. The molecule has 5 nitrogen and oxygen atoms in total. The van der Waals surface area contributed by atoms with Crippen LogP contribution < -0.4 is 5.32 Å². The predicted molar refractivity (Wildman–Crippen MR) is 105 cm³/mol. The van der Waals surface area contributed by atoms with E-state index in [4.69, 9.17) is 12.2 Å². The number of aryl methyl sites for hydroxylation is 1. The standard InChI is InChI=1S/C16H13IN4OS/c1-9-5-2-3-8-12(9)18-16(23)21-20-14-10-6-4-7-11(17)13(10)19-15(14)22/h2-8,19,22H,1H3,(H,18,23). The molecule has 0 saturated heterocycles. The Morgan fingerprint density at radius 3 is 2.78 bits per heavy atom. The summed E-state index contributed by atoms with van der Waals surface area (Å²) in [6.07, 6.45) is 0. The Labute approximate surface area is 152 Å². The van der Waals surface area contributed by atoms with Gasteiger partial charge in [-0.1, -0.05) is 30.3 Å². The average molecular weight is 436 g/mol. The van der Waals surface area contributed by atoms with Crippen molar-refractivity contribution in [2.24, 2.45) is 10.2 Å². The van der Waals surface area contributed by atoms with Gasteiger partial charge < -0.3 is 15.4 Å². The van der Waals surface area contributed by atoms with Crippen LogP contribution in [0.15, 0.2) is 52.7 Å². The fourth-order valence-electron chi connectivity index (χ4n) is 2.20. The van der Waals surface area contributed by atoms with Gasteiger partial charge in [-0.15, -0.1) is 10.2 Å². The van der Waals surface area contributed by atoms with Gasteiger partial charge in [-0.05, 0) is 59.4 Å². The lowest BCUT2D eigenvalue weighted by Crippen LogP contribution is -2.06. The Bertz CT molecular complexity index is 920. The van der Waals surface area contributed by atoms with E-state index in [0.29, 0.717) is 5.69 Å². The molecule has 0 amide bonds. The summed E-state index contributed by atoms with van der Waals surface area (Å²) < 4.78 is 0.998. The monoisotopic (exact) mass is 436 g/mol. The van der Waals surface area contributed by atoms with Crippen LogP contribution in [0.4, 0.5) is 11.4 Å². The zero-order chi connectivity index (χ0) is 16.4. The van der Waals surface area contributed by atoms with E-state index in [9.17, 15) is 5.11 Å². The number of hydrogen-bond acceptors (Lipinski definition) is 3. The average Bonchev–Trinajstić information content (AvgIpc) is 2.85. The van der Waals surface area contributed by atoms with Crippen LogP contribution in [-0.4, -0.2) is 15.2 Å². The number of aromatic nitrogens is 1. The highest BCUT2D eigenvalue weighted by Crippen LogP contribution is 2.37. The first-order chi connectivity index (χ1) is 11.1. The van der Waals surface area contributed by atoms with Crippen molar-refractivity contribution in [3.8, 4) is 5.88 Å². The highest BCUT2D eigenvalue weighted by molar-refractivity contribution is 14.1. The van der Waals surface area contributed by atoms with Crippen LogP contribution in [0, 0.1) is 10.5 Å². The number of thiocarbonyl (C=S) groups is 1. The molecule has 0 spiro atoms. The number of aromatic hydroxyl groups is 1. The molecule has 0 bridgehead atoms. The molecule has 3 rings (SSSR count).